The van der Waals surface area contributed by atoms with Crippen LogP contribution in [-0.2, 0) is 24.0 Å². The number of carboxylic acid groups (broad SMARTS) is 4. The number of amides is 1. The van der Waals surface area contributed by atoms with Crippen molar-refractivity contribution in [2.75, 3.05) is 0 Å². The van der Waals surface area contributed by atoms with E-state index < -0.39 is 23.9 Å². The maximum Gasteiger partial charge on any atom is 2.00 e. The summed E-state index contributed by atoms with van der Waals surface area (Å²) < 4.78 is 0. The van der Waals surface area contributed by atoms with E-state index in [1.807, 2.05) is 0 Å². The average molecular weight is 326 g/mol. The number of primary amides is 1. The monoisotopic (exact) mass is 325 g/mol. The van der Waals surface area contributed by atoms with E-state index in [4.69, 9.17) is 39.6 Å². The van der Waals surface area contributed by atoms with Crippen LogP contribution in [0, 0.1) is 0 Å². The Morgan fingerprint density at radius 2 is 0.619 bits per heavy atom. The summed E-state index contributed by atoms with van der Waals surface area (Å²) >= 11 is 0. The van der Waals surface area contributed by atoms with Gasteiger partial charge in [0, 0.05) is 34.6 Å². The smallest absolute Gasteiger partial charge is 1.00 e. The van der Waals surface area contributed by atoms with E-state index in [-0.39, 0.29) is 31.8 Å². The Hall–Kier alpha value is -1.88. The summed E-state index contributed by atoms with van der Waals surface area (Å²) in [7, 11) is 0. The molecule has 0 radical (unpaired) electrons. The Morgan fingerprint density at radius 1 is 0.619 bits per heavy atom. The third-order valence-electron chi connectivity index (χ3n) is 0. The number of hydrogen-bond acceptors (Lipinski definition) is 5. The molecule has 0 bridgehead atoms. The molecule has 10 nitrogen and oxygen atoms in total. The van der Waals surface area contributed by atoms with Crippen molar-refractivity contribution in [1.29, 1.82) is 0 Å². The van der Waals surface area contributed by atoms with Crippen LogP contribution in [0.5, 0.6) is 0 Å². The molecule has 0 aromatic heterocycles. The zero-order chi connectivity index (χ0) is 17.9. The molecule has 0 aromatic carbocycles. The molecular formula is C10H23MgNO9. The van der Waals surface area contributed by atoms with E-state index in [1.165, 1.54) is 6.92 Å². The van der Waals surface area contributed by atoms with Gasteiger partial charge in [0.05, 0.1) is 0 Å². The molecule has 0 aliphatic rings. The van der Waals surface area contributed by atoms with E-state index in [9.17, 15) is 4.79 Å². The summed E-state index contributed by atoms with van der Waals surface area (Å²) in [6.45, 7) is 5.64. The van der Waals surface area contributed by atoms with Crippen LogP contribution in [0.1, 0.15) is 37.5 Å². The number of carbonyl (C=O) groups excluding carboxylic acids is 1. The minimum atomic E-state index is -0.833. The van der Waals surface area contributed by atoms with Gasteiger partial charge in [-0.3, -0.25) is 24.0 Å². The zero-order valence-electron chi connectivity index (χ0n) is 14.6. The number of aliphatic carboxylic acids is 4. The predicted octanol–water partition coefficient (Wildman–Crippen LogP) is -0.301. The minimum Gasteiger partial charge on any atom is -1.00 e. The number of nitrogens with two attached hydrogens (primary N) is 1. The van der Waals surface area contributed by atoms with E-state index in [0.29, 0.717) is 0 Å². The minimum absolute atomic E-state index is 0. The van der Waals surface area contributed by atoms with Crippen LogP contribution < -0.4 is 5.73 Å². The van der Waals surface area contributed by atoms with Gasteiger partial charge in [0.15, 0.2) is 0 Å². The summed E-state index contributed by atoms with van der Waals surface area (Å²) in [6, 6.07) is 0. The maximum atomic E-state index is 9.22. The van der Waals surface area contributed by atoms with Gasteiger partial charge in [0.25, 0.3) is 23.9 Å². The van der Waals surface area contributed by atoms with Crippen LogP contribution in [0.15, 0.2) is 0 Å². The fourth-order valence-electron chi connectivity index (χ4n) is 0. The van der Waals surface area contributed by atoms with Crippen LogP contribution in [0.4, 0.5) is 0 Å². The fraction of sp³-hybridized carbons (Fsp3) is 0.500. The van der Waals surface area contributed by atoms with Crippen molar-refractivity contribution in [3.63, 3.8) is 0 Å². The van der Waals surface area contributed by atoms with E-state index in [1.54, 1.807) is 0 Å². The van der Waals surface area contributed by atoms with Crippen LogP contribution in [0.3, 0.4) is 0 Å². The SMILES string of the molecule is CC(=O)O.CC(=O)O.CC(=O)O.CC(=O)O.CC(N)=O.[H-].[H-].[Mg+2]. The van der Waals surface area contributed by atoms with Gasteiger partial charge in [-0.15, -0.1) is 0 Å². The summed E-state index contributed by atoms with van der Waals surface area (Å²) in [6.07, 6.45) is 0. The second-order valence-electron chi connectivity index (χ2n) is 2.69. The van der Waals surface area contributed by atoms with Gasteiger partial charge in [0.1, 0.15) is 0 Å². The molecule has 0 saturated carbocycles. The molecule has 0 unspecified atom stereocenters. The summed E-state index contributed by atoms with van der Waals surface area (Å²) in [5, 5.41) is 29.7. The number of hydrogen-bond donors (Lipinski definition) is 5. The predicted molar refractivity (Wildman–Crippen MR) is 76.1 cm³/mol. The number of rotatable bonds is 0. The Bertz CT molecular complexity index is 225. The number of carboxylic acids is 4. The molecule has 0 atom stereocenters. The van der Waals surface area contributed by atoms with E-state index in [2.05, 4.69) is 5.73 Å². The van der Waals surface area contributed by atoms with Crippen LogP contribution in [0.2, 0.25) is 0 Å². The van der Waals surface area contributed by atoms with Gasteiger partial charge in [-0.25, -0.2) is 0 Å². The molecule has 6 N–H and O–H groups in total. The van der Waals surface area contributed by atoms with Gasteiger partial charge in [0.2, 0.25) is 5.91 Å². The molecule has 0 aliphatic heterocycles. The fourth-order valence-corrected chi connectivity index (χ4v) is 0. The average Bonchev–Trinajstić information content (AvgIpc) is 1.94. The molecule has 0 rings (SSSR count). The molecule has 0 fully saturated rings. The Labute approximate surface area is 141 Å². The van der Waals surface area contributed by atoms with Crippen molar-refractivity contribution in [3.05, 3.63) is 0 Å². The van der Waals surface area contributed by atoms with Gasteiger partial charge < -0.3 is 29.0 Å². The molecule has 0 spiro atoms. The summed E-state index contributed by atoms with van der Waals surface area (Å²) in [5.74, 6) is -3.67. The molecule has 0 aliphatic carbocycles. The summed E-state index contributed by atoms with van der Waals surface area (Å²) in [5.41, 5.74) is 4.47. The Balaban J connectivity index is -0.0000000197. The third kappa shape index (κ3) is 1330. The first-order valence-electron chi connectivity index (χ1n) is 4.70. The van der Waals surface area contributed by atoms with E-state index in [0.717, 1.165) is 27.7 Å². The molecule has 21 heavy (non-hydrogen) atoms. The number of carbonyl (C=O) groups is 5. The topological polar surface area (TPSA) is 192 Å². The van der Waals surface area contributed by atoms with Gasteiger partial charge in [-0.2, -0.15) is 0 Å². The first kappa shape index (κ1) is 36.5. The van der Waals surface area contributed by atoms with Crippen molar-refractivity contribution < 1.29 is 47.3 Å². The first-order valence-corrected chi connectivity index (χ1v) is 4.70. The largest absolute Gasteiger partial charge is 2.00 e. The van der Waals surface area contributed by atoms with Crippen LogP contribution in [0.25, 0.3) is 0 Å². The van der Waals surface area contributed by atoms with Crippen molar-refractivity contribution in [2.45, 2.75) is 34.6 Å². The van der Waals surface area contributed by atoms with Crippen molar-refractivity contribution in [1.82, 2.24) is 0 Å². The standard InChI is InChI=1S/C2H5NO.4C2H4O2.Mg.2H/c5*1-2(3)4;;;/h1H3,(H2,3,4);4*1H3,(H,3,4);;;/q;;;;;+2;2*-1. The van der Waals surface area contributed by atoms with Crippen molar-refractivity contribution >= 4 is 52.8 Å². The maximum absolute atomic E-state index is 9.22. The molecule has 0 heterocycles. The molecule has 11 heteroatoms. The van der Waals surface area contributed by atoms with Crippen LogP contribution >= 0.6 is 0 Å². The second-order valence-corrected chi connectivity index (χ2v) is 2.69. The molecular weight excluding hydrogens is 302 g/mol. The van der Waals surface area contributed by atoms with Gasteiger partial charge in [-0.05, 0) is 0 Å². The Morgan fingerprint density at radius 3 is 0.619 bits per heavy atom. The molecule has 0 saturated heterocycles. The van der Waals surface area contributed by atoms with Crippen molar-refractivity contribution in [2.24, 2.45) is 5.73 Å². The van der Waals surface area contributed by atoms with Crippen LogP contribution in [-0.4, -0.2) is 73.3 Å². The Kier molecular flexibility index (Phi) is 53.6. The quantitative estimate of drug-likeness (QED) is 0.371. The van der Waals surface area contributed by atoms with E-state index >= 15 is 0 Å². The molecule has 1 amide bonds. The van der Waals surface area contributed by atoms with Gasteiger partial charge >= 0.3 is 23.1 Å². The molecule has 124 valence electrons. The second kappa shape index (κ2) is 30.9. The first-order chi connectivity index (χ1) is 8.66. The third-order valence-corrected chi connectivity index (χ3v) is 0. The van der Waals surface area contributed by atoms with Crippen molar-refractivity contribution in [3.8, 4) is 0 Å². The molecule has 0 aromatic rings. The summed E-state index contributed by atoms with van der Waals surface area (Å²) in [4.78, 5) is 45.2. The van der Waals surface area contributed by atoms with Gasteiger partial charge in [-0.1, -0.05) is 0 Å². The normalized spacial score (nSPS) is 5.95. The zero-order valence-corrected chi connectivity index (χ0v) is 14.0.